The maximum Gasteiger partial charge on any atom is 0.275 e. The van der Waals surface area contributed by atoms with E-state index in [1.807, 2.05) is 0 Å². The Balaban J connectivity index is 3.10. The summed E-state index contributed by atoms with van der Waals surface area (Å²) < 4.78 is 40.7. The third kappa shape index (κ3) is 2.51. The molecule has 0 fully saturated rings. The molecule has 1 rings (SSSR count). The Hall–Kier alpha value is -0.920. The first-order chi connectivity index (χ1) is 6.13. The van der Waals surface area contributed by atoms with Crippen LogP contribution in [0, 0.1) is 0 Å². The van der Waals surface area contributed by atoms with Crippen LogP contribution in [0.1, 0.15) is 0 Å². The standard InChI is InChI=1S/C6H7NO4S2/c8-12(9)7(13(10)11)6-4-2-1-3-5-6/h1-5,12H,(H,10,11). The zero-order valence-electron chi connectivity index (χ0n) is 6.36. The molecule has 1 N–H and O–H groups in total. The van der Waals surface area contributed by atoms with E-state index in [4.69, 9.17) is 4.55 Å². The van der Waals surface area contributed by atoms with Gasteiger partial charge in [-0.15, -0.1) is 0 Å². The third-order valence-corrected chi connectivity index (χ3v) is 3.13. The van der Waals surface area contributed by atoms with Gasteiger partial charge in [0.2, 0.25) is 10.9 Å². The van der Waals surface area contributed by atoms with Gasteiger partial charge in [-0.05, 0) is 12.1 Å². The minimum atomic E-state index is -3.10. The van der Waals surface area contributed by atoms with Gasteiger partial charge in [0.15, 0.2) is 0 Å². The van der Waals surface area contributed by atoms with Gasteiger partial charge in [0, 0.05) is 0 Å². The van der Waals surface area contributed by atoms with E-state index in [1.54, 1.807) is 18.2 Å². The maximum atomic E-state index is 10.6. The van der Waals surface area contributed by atoms with E-state index in [2.05, 4.69) is 0 Å². The molecule has 1 aromatic carbocycles. The number of thiol groups is 1. The highest BCUT2D eigenvalue weighted by Gasteiger charge is 2.13. The number of benzene rings is 1. The summed E-state index contributed by atoms with van der Waals surface area (Å²) in [6.07, 6.45) is 0. The fourth-order valence-corrected chi connectivity index (χ4v) is 1.88. The molecule has 5 nitrogen and oxygen atoms in total. The number of rotatable bonds is 3. The number of para-hydroxylation sites is 1. The van der Waals surface area contributed by atoms with Crippen molar-refractivity contribution in [3.8, 4) is 0 Å². The molecule has 0 saturated heterocycles. The lowest BCUT2D eigenvalue weighted by Gasteiger charge is -2.10. The Kier molecular flexibility index (Phi) is 3.40. The lowest BCUT2D eigenvalue weighted by Crippen LogP contribution is -2.22. The van der Waals surface area contributed by atoms with Crippen molar-refractivity contribution in [1.29, 1.82) is 0 Å². The van der Waals surface area contributed by atoms with Crippen molar-refractivity contribution in [2.45, 2.75) is 0 Å². The van der Waals surface area contributed by atoms with Crippen molar-refractivity contribution in [2.75, 3.05) is 3.71 Å². The normalized spacial score (nSPS) is 12.8. The summed E-state index contributed by atoms with van der Waals surface area (Å²) >= 11 is -2.55. The number of nitrogens with zero attached hydrogens (tertiary/aromatic N) is 1. The molecule has 0 saturated carbocycles. The van der Waals surface area contributed by atoms with E-state index in [0.29, 0.717) is 3.71 Å². The smallest absolute Gasteiger partial charge is 0.275 e. The van der Waals surface area contributed by atoms with Crippen molar-refractivity contribution < 1.29 is 17.2 Å². The van der Waals surface area contributed by atoms with Gasteiger partial charge in [0.1, 0.15) is 0 Å². The minimum absolute atomic E-state index is 0.166. The van der Waals surface area contributed by atoms with Crippen molar-refractivity contribution in [3.05, 3.63) is 30.3 Å². The average molecular weight is 221 g/mol. The Morgan fingerprint density at radius 3 is 2.15 bits per heavy atom. The lowest BCUT2D eigenvalue weighted by atomic mass is 10.3. The SMILES string of the molecule is O=S(O)N(c1ccccc1)[SH](=O)=O. The highest BCUT2D eigenvalue weighted by atomic mass is 32.3. The van der Waals surface area contributed by atoms with Gasteiger partial charge in [-0.1, -0.05) is 18.2 Å². The second-order valence-corrected chi connectivity index (χ2v) is 4.05. The molecule has 0 aromatic heterocycles. The van der Waals surface area contributed by atoms with E-state index in [-0.39, 0.29) is 5.69 Å². The molecule has 0 aliphatic carbocycles. The summed E-state index contributed by atoms with van der Waals surface area (Å²) in [6.45, 7) is 0. The lowest BCUT2D eigenvalue weighted by molar-refractivity contribution is 0.563. The van der Waals surface area contributed by atoms with Crippen LogP contribution < -0.4 is 3.71 Å². The fourth-order valence-electron chi connectivity index (χ4n) is 0.797. The van der Waals surface area contributed by atoms with E-state index < -0.39 is 22.2 Å². The van der Waals surface area contributed by atoms with Crippen LogP contribution in [0.25, 0.3) is 0 Å². The summed E-state index contributed by atoms with van der Waals surface area (Å²) in [5.41, 5.74) is 0.166. The molecule has 0 heterocycles. The first kappa shape index (κ1) is 10.2. The predicted molar refractivity (Wildman–Crippen MR) is 50.0 cm³/mol. The van der Waals surface area contributed by atoms with Crippen LogP contribution in [0.2, 0.25) is 0 Å². The largest absolute Gasteiger partial charge is 0.288 e. The van der Waals surface area contributed by atoms with Crippen LogP contribution in [-0.2, 0) is 22.2 Å². The molecule has 0 amide bonds. The maximum absolute atomic E-state index is 10.6. The zero-order chi connectivity index (χ0) is 9.84. The monoisotopic (exact) mass is 221 g/mol. The van der Waals surface area contributed by atoms with Crippen LogP contribution in [0.4, 0.5) is 5.69 Å². The number of hydrogen-bond donors (Lipinski definition) is 2. The summed E-state index contributed by atoms with van der Waals surface area (Å²) in [7, 11) is -3.10. The van der Waals surface area contributed by atoms with E-state index in [9.17, 15) is 12.6 Å². The molecule has 0 radical (unpaired) electrons. The van der Waals surface area contributed by atoms with Gasteiger partial charge >= 0.3 is 0 Å². The fraction of sp³-hybridized carbons (Fsp3) is 0. The minimum Gasteiger partial charge on any atom is -0.288 e. The number of hydrogen-bond acceptors (Lipinski definition) is 3. The van der Waals surface area contributed by atoms with Gasteiger partial charge in [0.05, 0.1) is 5.69 Å². The van der Waals surface area contributed by atoms with E-state index in [1.165, 1.54) is 12.1 Å². The quantitative estimate of drug-likeness (QED) is 0.563. The zero-order valence-corrected chi connectivity index (χ0v) is 8.07. The van der Waals surface area contributed by atoms with Gasteiger partial charge in [0.25, 0.3) is 11.3 Å². The second-order valence-electron chi connectivity index (χ2n) is 2.08. The van der Waals surface area contributed by atoms with Gasteiger partial charge in [-0.3, -0.25) is 4.55 Å². The predicted octanol–water partition coefficient (Wildman–Crippen LogP) is 0.156. The van der Waals surface area contributed by atoms with Crippen LogP contribution in [0.5, 0.6) is 0 Å². The molecular formula is C6H7NO4S2. The molecule has 72 valence electrons. The van der Waals surface area contributed by atoms with Crippen LogP contribution in [0.3, 0.4) is 0 Å². The molecule has 1 atom stereocenters. The summed E-state index contributed by atoms with van der Waals surface area (Å²) in [5.74, 6) is 0. The Bertz CT molecular complexity index is 367. The van der Waals surface area contributed by atoms with Crippen molar-refractivity contribution in [3.63, 3.8) is 0 Å². The van der Waals surface area contributed by atoms with Crippen LogP contribution >= 0.6 is 0 Å². The summed E-state index contributed by atoms with van der Waals surface area (Å²) in [4.78, 5) is 0. The van der Waals surface area contributed by atoms with Crippen molar-refractivity contribution >= 4 is 27.8 Å². The molecule has 0 bridgehead atoms. The Morgan fingerprint density at radius 2 is 1.77 bits per heavy atom. The van der Waals surface area contributed by atoms with Crippen LogP contribution in [0.15, 0.2) is 30.3 Å². The first-order valence-electron chi connectivity index (χ1n) is 3.23. The molecule has 0 aliphatic heterocycles. The van der Waals surface area contributed by atoms with Gasteiger partial charge in [-0.25, -0.2) is 12.6 Å². The highest BCUT2D eigenvalue weighted by Crippen LogP contribution is 2.13. The molecule has 13 heavy (non-hydrogen) atoms. The molecule has 0 aliphatic rings. The second kappa shape index (κ2) is 4.35. The Labute approximate surface area is 79.5 Å². The summed E-state index contributed by atoms with van der Waals surface area (Å²) in [6, 6.07) is 7.69. The molecular weight excluding hydrogens is 214 g/mol. The van der Waals surface area contributed by atoms with Gasteiger partial charge in [-0.2, -0.15) is 3.71 Å². The first-order valence-corrected chi connectivity index (χ1v) is 5.43. The van der Waals surface area contributed by atoms with E-state index in [0.717, 1.165) is 0 Å². The van der Waals surface area contributed by atoms with Crippen molar-refractivity contribution in [2.24, 2.45) is 0 Å². The topological polar surface area (TPSA) is 74.7 Å². The third-order valence-electron chi connectivity index (χ3n) is 1.27. The molecule has 0 spiro atoms. The van der Waals surface area contributed by atoms with Crippen molar-refractivity contribution in [1.82, 2.24) is 0 Å². The highest BCUT2D eigenvalue weighted by molar-refractivity contribution is 7.96. The molecule has 1 unspecified atom stereocenters. The molecule has 7 heteroatoms. The molecule has 1 aromatic rings. The van der Waals surface area contributed by atoms with E-state index >= 15 is 0 Å². The average Bonchev–Trinajstić information content (AvgIpc) is 2.04. The Morgan fingerprint density at radius 1 is 1.23 bits per heavy atom. The van der Waals surface area contributed by atoms with Gasteiger partial charge < -0.3 is 0 Å². The summed E-state index contributed by atoms with van der Waals surface area (Å²) in [5, 5.41) is 0. The number of anilines is 1. The van der Waals surface area contributed by atoms with Crippen LogP contribution in [-0.4, -0.2) is 17.2 Å².